The lowest BCUT2D eigenvalue weighted by atomic mass is 10.0. The highest BCUT2D eigenvalue weighted by atomic mass is 16.1. The predicted molar refractivity (Wildman–Crippen MR) is 71.0 cm³/mol. The average Bonchev–Trinajstić information content (AvgIpc) is 2.83. The van der Waals surface area contributed by atoms with Gasteiger partial charge in [0.1, 0.15) is 0 Å². The highest BCUT2D eigenvalue weighted by Crippen LogP contribution is 2.28. The van der Waals surface area contributed by atoms with E-state index in [1.807, 2.05) is 0 Å². The third kappa shape index (κ3) is 2.05. The van der Waals surface area contributed by atoms with Crippen LogP contribution in [-0.2, 0) is 0 Å². The molecule has 1 aromatic heterocycles. The third-order valence-electron chi connectivity index (χ3n) is 3.31. The largest absolute Gasteiger partial charge is 0.363 e. The number of aromatic nitrogens is 3. The Kier molecular flexibility index (Phi) is 2.70. The molecule has 0 aliphatic carbocycles. The standard InChI is InChI=1S/C13H15N5O/c1-8-2-4-9(5-3-8)10-6-7-15-13-16-12(11(14)19)17-18(10)13/h2-5,10H,6-7H2,1H3,(H2,14,19)(H,15,16,17). The molecule has 6 nitrogen and oxygen atoms in total. The van der Waals surface area contributed by atoms with Crippen LogP contribution in [0, 0.1) is 6.92 Å². The van der Waals surface area contributed by atoms with Gasteiger partial charge in [0.15, 0.2) is 0 Å². The smallest absolute Gasteiger partial charge is 0.288 e. The van der Waals surface area contributed by atoms with Crippen LogP contribution in [0.3, 0.4) is 0 Å². The first-order valence-corrected chi connectivity index (χ1v) is 6.22. The summed E-state index contributed by atoms with van der Waals surface area (Å²) in [6.07, 6.45) is 0.900. The topological polar surface area (TPSA) is 85.8 Å². The second-order valence-electron chi connectivity index (χ2n) is 4.71. The van der Waals surface area contributed by atoms with E-state index in [0.29, 0.717) is 5.95 Å². The number of nitrogens with two attached hydrogens (primary N) is 1. The molecule has 0 spiro atoms. The molecule has 2 heterocycles. The fourth-order valence-corrected chi connectivity index (χ4v) is 2.30. The van der Waals surface area contributed by atoms with E-state index in [0.717, 1.165) is 18.5 Å². The number of amides is 1. The van der Waals surface area contributed by atoms with Crippen LogP contribution >= 0.6 is 0 Å². The molecule has 0 saturated carbocycles. The summed E-state index contributed by atoms with van der Waals surface area (Å²) in [5, 5.41) is 7.33. The molecule has 1 atom stereocenters. The van der Waals surface area contributed by atoms with Crippen LogP contribution in [0.15, 0.2) is 24.3 Å². The van der Waals surface area contributed by atoms with Crippen LogP contribution < -0.4 is 11.1 Å². The summed E-state index contributed by atoms with van der Waals surface area (Å²) in [7, 11) is 0. The van der Waals surface area contributed by atoms with Gasteiger partial charge in [0.05, 0.1) is 6.04 Å². The van der Waals surface area contributed by atoms with Crippen molar-refractivity contribution < 1.29 is 4.79 Å². The Morgan fingerprint density at radius 3 is 2.84 bits per heavy atom. The summed E-state index contributed by atoms with van der Waals surface area (Å²) in [4.78, 5) is 15.3. The maximum absolute atomic E-state index is 11.2. The average molecular weight is 257 g/mol. The highest BCUT2D eigenvalue weighted by molar-refractivity contribution is 5.89. The number of primary amides is 1. The van der Waals surface area contributed by atoms with E-state index in [2.05, 4.69) is 46.6 Å². The van der Waals surface area contributed by atoms with Gasteiger partial charge in [-0.05, 0) is 18.9 Å². The molecule has 1 amide bonds. The lowest BCUT2D eigenvalue weighted by Crippen LogP contribution is -2.24. The summed E-state index contributed by atoms with van der Waals surface area (Å²) in [6.45, 7) is 2.85. The zero-order chi connectivity index (χ0) is 13.4. The summed E-state index contributed by atoms with van der Waals surface area (Å²) in [5.41, 5.74) is 7.60. The Bertz CT molecular complexity index is 616. The fraction of sp³-hybridized carbons (Fsp3) is 0.308. The van der Waals surface area contributed by atoms with E-state index in [-0.39, 0.29) is 11.9 Å². The number of carbonyl (C=O) groups is 1. The number of carbonyl (C=O) groups excluding carboxylic acids is 1. The van der Waals surface area contributed by atoms with Crippen molar-refractivity contribution in [1.82, 2.24) is 14.8 Å². The Labute approximate surface area is 110 Å². The van der Waals surface area contributed by atoms with E-state index in [4.69, 9.17) is 5.73 Å². The van der Waals surface area contributed by atoms with Gasteiger partial charge >= 0.3 is 0 Å². The van der Waals surface area contributed by atoms with Crippen LogP contribution in [0.4, 0.5) is 5.95 Å². The van der Waals surface area contributed by atoms with Crippen LogP contribution in [0.1, 0.15) is 34.2 Å². The Hall–Kier alpha value is -2.37. The Balaban J connectivity index is 2.02. The zero-order valence-electron chi connectivity index (χ0n) is 10.6. The van der Waals surface area contributed by atoms with Gasteiger partial charge in [0.25, 0.3) is 5.91 Å². The van der Waals surface area contributed by atoms with Crippen molar-refractivity contribution in [2.24, 2.45) is 5.73 Å². The van der Waals surface area contributed by atoms with Crippen molar-refractivity contribution in [3.05, 3.63) is 41.2 Å². The predicted octanol–water partition coefficient (Wildman–Crippen LogP) is 1.09. The van der Waals surface area contributed by atoms with Gasteiger partial charge in [-0.2, -0.15) is 4.98 Å². The van der Waals surface area contributed by atoms with Crippen molar-refractivity contribution in [3.8, 4) is 0 Å². The van der Waals surface area contributed by atoms with Crippen molar-refractivity contribution in [2.75, 3.05) is 11.9 Å². The van der Waals surface area contributed by atoms with E-state index in [1.165, 1.54) is 5.56 Å². The molecule has 1 aliphatic heterocycles. The molecule has 1 aliphatic rings. The maximum Gasteiger partial charge on any atom is 0.288 e. The van der Waals surface area contributed by atoms with Gasteiger partial charge < -0.3 is 11.1 Å². The molecule has 2 aromatic rings. The number of rotatable bonds is 2. The molecule has 0 bridgehead atoms. The minimum atomic E-state index is -0.605. The summed E-state index contributed by atoms with van der Waals surface area (Å²) in [6, 6.07) is 8.41. The number of nitrogens with zero attached hydrogens (tertiary/aromatic N) is 3. The summed E-state index contributed by atoms with van der Waals surface area (Å²) >= 11 is 0. The number of hydrogen-bond acceptors (Lipinski definition) is 4. The maximum atomic E-state index is 11.2. The van der Waals surface area contributed by atoms with E-state index >= 15 is 0 Å². The second kappa shape index (κ2) is 4.38. The van der Waals surface area contributed by atoms with Crippen LogP contribution in [0.25, 0.3) is 0 Å². The van der Waals surface area contributed by atoms with E-state index in [9.17, 15) is 4.79 Å². The molecule has 0 radical (unpaired) electrons. The third-order valence-corrected chi connectivity index (χ3v) is 3.31. The molecule has 3 rings (SSSR count). The van der Waals surface area contributed by atoms with Gasteiger partial charge in [-0.15, -0.1) is 5.10 Å². The first-order chi connectivity index (χ1) is 9.15. The van der Waals surface area contributed by atoms with Crippen molar-refractivity contribution >= 4 is 11.9 Å². The zero-order valence-corrected chi connectivity index (χ0v) is 10.6. The number of benzene rings is 1. The SMILES string of the molecule is Cc1ccc(C2CCNc3nc(C(N)=O)nn32)cc1. The molecule has 98 valence electrons. The highest BCUT2D eigenvalue weighted by Gasteiger charge is 2.25. The number of nitrogens with one attached hydrogen (secondary N) is 1. The molecule has 6 heteroatoms. The lowest BCUT2D eigenvalue weighted by Gasteiger charge is -2.24. The molecule has 0 fully saturated rings. The van der Waals surface area contributed by atoms with E-state index < -0.39 is 5.91 Å². The van der Waals surface area contributed by atoms with Crippen molar-refractivity contribution in [3.63, 3.8) is 0 Å². The monoisotopic (exact) mass is 257 g/mol. The van der Waals surface area contributed by atoms with Gasteiger partial charge in [-0.25, -0.2) is 4.68 Å². The molecular formula is C13H15N5O. The van der Waals surface area contributed by atoms with Crippen molar-refractivity contribution in [1.29, 1.82) is 0 Å². The minimum Gasteiger partial charge on any atom is -0.363 e. The van der Waals surface area contributed by atoms with Gasteiger partial charge in [-0.3, -0.25) is 4.79 Å². The van der Waals surface area contributed by atoms with E-state index in [1.54, 1.807) is 4.68 Å². The molecular weight excluding hydrogens is 242 g/mol. The van der Waals surface area contributed by atoms with Crippen LogP contribution in [-0.4, -0.2) is 27.2 Å². The quantitative estimate of drug-likeness (QED) is 0.843. The van der Waals surface area contributed by atoms with Crippen molar-refractivity contribution in [2.45, 2.75) is 19.4 Å². The molecule has 1 unspecified atom stereocenters. The molecule has 0 saturated heterocycles. The fourth-order valence-electron chi connectivity index (χ4n) is 2.30. The Morgan fingerprint density at radius 2 is 2.16 bits per heavy atom. The summed E-state index contributed by atoms with van der Waals surface area (Å²) in [5.74, 6) is 0.0542. The summed E-state index contributed by atoms with van der Waals surface area (Å²) < 4.78 is 1.74. The van der Waals surface area contributed by atoms with Gasteiger partial charge in [-0.1, -0.05) is 29.8 Å². The second-order valence-corrected chi connectivity index (χ2v) is 4.71. The molecule has 1 aromatic carbocycles. The number of aryl methyl sites for hydroxylation is 1. The first kappa shape index (κ1) is 11.7. The van der Waals surface area contributed by atoms with Gasteiger partial charge in [0.2, 0.25) is 11.8 Å². The molecule has 19 heavy (non-hydrogen) atoms. The molecule has 3 N–H and O–H groups in total. The normalized spacial score (nSPS) is 17.6. The lowest BCUT2D eigenvalue weighted by molar-refractivity contribution is 0.0990. The van der Waals surface area contributed by atoms with Gasteiger partial charge in [0, 0.05) is 6.54 Å². The minimum absolute atomic E-state index is 0.0570. The number of hydrogen-bond donors (Lipinski definition) is 2. The first-order valence-electron chi connectivity index (χ1n) is 6.22. The van der Waals surface area contributed by atoms with Crippen LogP contribution in [0.2, 0.25) is 0 Å². The number of anilines is 1. The Morgan fingerprint density at radius 1 is 1.42 bits per heavy atom. The van der Waals surface area contributed by atoms with Crippen LogP contribution in [0.5, 0.6) is 0 Å². The number of fused-ring (bicyclic) bond motifs is 1.